The maximum atomic E-state index is 12.5. The van der Waals surface area contributed by atoms with Crippen LogP contribution in [0.5, 0.6) is 0 Å². The lowest BCUT2D eigenvalue weighted by molar-refractivity contribution is -0.389. The first kappa shape index (κ1) is 20.2. The number of carbonyl (C=O) groups is 2. The Balaban J connectivity index is 1.41. The number of aromatic nitrogens is 2. The molecule has 3 rings (SSSR count). The van der Waals surface area contributed by atoms with Crippen LogP contribution in [0, 0.1) is 17.0 Å². The lowest BCUT2D eigenvalue weighted by atomic mass is 10.1. The van der Waals surface area contributed by atoms with Gasteiger partial charge in [-0.1, -0.05) is 0 Å². The van der Waals surface area contributed by atoms with Gasteiger partial charge in [-0.2, -0.15) is 0 Å². The zero-order chi connectivity index (χ0) is 20.1. The van der Waals surface area contributed by atoms with Crippen LogP contribution in [0.3, 0.4) is 0 Å². The molecule has 0 saturated carbocycles. The van der Waals surface area contributed by atoms with E-state index >= 15 is 0 Å². The number of piperidine rings is 1. The molecule has 0 atom stereocenters. The molecular formula is C18H28N6O4. The Morgan fingerprint density at radius 1 is 1.04 bits per heavy atom. The minimum Gasteiger partial charge on any atom is -0.358 e. The molecule has 0 N–H and O–H groups in total. The van der Waals surface area contributed by atoms with Crippen molar-refractivity contribution in [3.63, 3.8) is 0 Å². The molecule has 0 bridgehead atoms. The van der Waals surface area contributed by atoms with E-state index in [4.69, 9.17) is 0 Å². The molecule has 1 aromatic rings. The van der Waals surface area contributed by atoms with Gasteiger partial charge in [0.05, 0.1) is 6.54 Å². The maximum absolute atomic E-state index is 12.5. The van der Waals surface area contributed by atoms with Crippen molar-refractivity contribution in [3.05, 3.63) is 22.1 Å². The summed E-state index contributed by atoms with van der Waals surface area (Å²) in [5, 5.41) is 10.8. The van der Waals surface area contributed by atoms with E-state index in [2.05, 4.69) is 9.88 Å². The van der Waals surface area contributed by atoms with Gasteiger partial charge in [0.1, 0.15) is 6.20 Å². The number of nitro groups is 1. The Labute approximate surface area is 164 Å². The van der Waals surface area contributed by atoms with Crippen LogP contribution in [-0.2, 0) is 16.1 Å². The van der Waals surface area contributed by atoms with E-state index in [9.17, 15) is 19.7 Å². The number of aryl methyl sites for hydroxylation is 2. The molecule has 154 valence electrons. The van der Waals surface area contributed by atoms with E-state index in [0.717, 1.165) is 25.9 Å². The summed E-state index contributed by atoms with van der Waals surface area (Å²) in [5.74, 6) is 0.548. The third-order valence-corrected chi connectivity index (χ3v) is 5.51. The summed E-state index contributed by atoms with van der Waals surface area (Å²) < 4.78 is 1.64. The molecule has 1 aromatic heterocycles. The van der Waals surface area contributed by atoms with Crippen molar-refractivity contribution in [2.75, 3.05) is 45.8 Å². The van der Waals surface area contributed by atoms with Crippen molar-refractivity contribution in [2.45, 2.75) is 39.2 Å². The third kappa shape index (κ3) is 5.06. The molecule has 0 radical (unpaired) electrons. The van der Waals surface area contributed by atoms with Crippen LogP contribution < -0.4 is 0 Å². The molecule has 10 heteroatoms. The fourth-order valence-electron chi connectivity index (χ4n) is 3.77. The maximum Gasteiger partial charge on any atom is 0.381 e. The molecule has 10 nitrogen and oxygen atoms in total. The highest BCUT2D eigenvalue weighted by Gasteiger charge is 2.25. The first-order valence-corrected chi connectivity index (χ1v) is 9.90. The molecular weight excluding hydrogens is 364 g/mol. The average molecular weight is 392 g/mol. The molecule has 2 aliphatic heterocycles. The topological polar surface area (TPSA) is 105 Å². The predicted octanol–water partition coefficient (Wildman–Crippen LogP) is 0.647. The number of nitrogens with zero attached hydrogens (tertiary/aromatic N) is 6. The summed E-state index contributed by atoms with van der Waals surface area (Å²) in [7, 11) is 0. The summed E-state index contributed by atoms with van der Waals surface area (Å²) in [5.41, 5.74) is 0. The van der Waals surface area contributed by atoms with Crippen LogP contribution in [0.4, 0.5) is 5.82 Å². The van der Waals surface area contributed by atoms with Crippen LogP contribution in [0.25, 0.3) is 0 Å². The van der Waals surface area contributed by atoms with Crippen molar-refractivity contribution in [3.8, 4) is 0 Å². The number of imidazole rings is 1. The quantitative estimate of drug-likeness (QED) is 0.520. The second-order valence-corrected chi connectivity index (χ2v) is 7.45. The van der Waals surface area contributed by atoms with E-state index in [1.807, 2.05) is 9.80 Å². The lowest BCUT2D eigenvalue weighted by Crippen LogP contribution is -2.52. The molecule has 0 aromatic carbocycles. The fraction of sp³-hybridized carbons (Fsp3) is 0.722. The minimum atomic E-state index is -0.532. The Morgan fingerprint density at radius 2 is 1.68 bits per heavy atom. The summed E-state index contributed by atoms with van der Waals surface area (Å²) in [6.07, 6.45) is 5.03. The highest BCUT2D eigenvalue weighted by molar-refractivity contribution is 5.78. The van der Waals surface area contributed by atoms with Crippen molar-refractivity contribution >= 4 is 17.6 Å². The van der Waals surface area contributed by atoms with Gasteiger partial charge in [-0.25, -0.2) is 0 Å². The molecule has 28 heavy (non-hydrogen) atoms. The minimum absolute atomic E-state index is 0.0257. The highest BCUT2D eigenvalue weighted by atomic mass is 16.6. The van der Waals surface area contributed by atoms with E-state index in [0.29, 0.717) is 45.1 Å². The zero-order valence-corrected chi connectivity index (χ0v) is 16.4. The SMILES string of the molecule is Cc1nc([N+](=O)[O-])cn1CCC(=O)N1CCN(CC(=O)N2CCCCC2)CC1. The summed E-state index contributed by atoms with van der Waals surface area (Å²) in [6.45, 7) is 6.83. The van der Waals surface area contributed by atoms with E-state index in [1.54, 1.807) is 11.5 Å². The Hall–Kier alpha value is -2.49. The van der Waals surface area contributed by atoms with Gasteiger partial charge in [0.2, 0.25) is 17.6 Å². The molecule has 2 saturated heterocycles. The highest BCUT2D eigenvalue weighted by Crippen LogP contribution is 2.13. The number of rotatable bonds is 6. The van der Waals surface area contributed by atoms with Crippen LogP contribution in [0.15, 0.2) is 6.20 Å². The number of hydrogen-bond donors (Lipinski definition) is 0. The molecule has 3 heterocycles. The molecule has 2 fully saturated rings. The zero-order valence-electron chi connectivity index (χ0n) is 16.4. The van der Waals surface area contributed by atoms with Gasteiger partial charge < -0.3 is 24.5 Å². The van der Waals surface area contributed by atoms with E-state index in [-0.39, 0.29) is 24.1 Å². The van der Waals surface area contributed by atoms with Crippen molar-refractivity contribution in [2.24, 2.45) is 0 Å². The monoisotopic (exact) mass is 392 g/mol. The largest absolute Gasteiger partial charge is 0.381 e. The Morgan fingerprint density at radius 3 is 2.29 bits per heavy atom. The van der Waals surface area contributed by atoms with Crippen molar-refractivity contribution in [1.29, 1.82) is 0 Å². The van der Waals surface area contributed by atoms with Gasteiger partial charge in [-0.3, -0.25) is 14.5 Å². The molecule has 0 spiro atoms. The molecule has 2 amide bonds. The van der Waals surface area contributed by atoms with Crippen LogP contribution in [0.2, 0.25) is 0 Å². The van der Waals surface area contributed by atoms with Crippen molar-refractivity contribution < 1.29 is 14.5 Å². The smallest absolute Gasteiger partial charge is 0.358 e. The number of likely N-dealkylation sites (tertiary alicyclic amines) is 1. The lowest BCUT2D eigenvalue weighted by Gasteiger charge is -2.36. The molecule has 2 aliphatic rings. The van der Waals surface area contributed by atoms with E-state index in [1.165, 1.54) is 12.6 Å². The average Bonchev–Trinajstić information content (AvgIpc) is 3.08. The van der Waals surface area contributed by atoms with Gasteiger partial charge in [-0.05, 0) is 29.2 Å². The first-order valence-electron chi connectivity index (χ1n) is 9.90. The first-order chi connectivity index (χ1) is 13.4. The Kier molecular flexibility index (Phi) is 6.61. The normalized spacial score (nSPS) is 18.3. The predicted molar refractivity (Wildman–Crippen MR) is 102 cm³/mol. The van der Waals surface area contributed by atoms with Gasteiger partial charge in [0.15, 0.2) is 0 Å². The van der Waals surface area contributed by atoms with E-state index < -0.39 is 4.92 Å². The standard InChI is InChI=1S/C18H28N6O4/c1-15-19-16(24(27)28)13-23(15)8-5-17(25)22-11-9-20(10-12-22)14-18(26)21-6-3-2-4-7-21/h13H,2-12,14H2,1H3. The molecule has 0 unspecified atom stereocenters. The van der Waals surface area contributed by atoms with Crippen LogP contribution >= 0.6 is 0 Å². The van der Waals surface area contributed by atoms with Gasteiger partial charge >= 0.3 is 5.82 Å². The Bertz CT molecular complexity index is 720. The summed E-state index contributed by atoms with van der Waals surface area (Å²) in [4.78, 5) is 44.8. The van der Waals surface area contributed by atoms with Gasteiger partial charge in [-0.15, -0.1) is 0 Å². The second kappa shape index (κ2) is 9.13. The number of hydrogen-bond acceptors (Lipinski definition) is 6. The van der Waals surface area contributed by atoms with Crippen molar-refractivity contribution in [1.82, 2.24) is 24.3 Å². The summed E-state index contributed by atoms with van der Waals surface area (Å²) >= 11 is 0. The fourth-order valence-corrected chi connectivity index (χ4v) is 3.77. The van der Waals surface area contributed by atoms with Crippen LogP contribution in [0.1, 0.15) is 31.5 Å². The molecule has 0 aliphatic carbocycles. The summed E-state index contributed by atoms with van der Waals surface area (Å²) in [6, 6.07) is 0. The van der Waals surface area contributed by atoms with Gasteiger partial charge in [0.25, 0.3) is 0 Å². The number of carbonyl (C=O) groups excluding carboxylic acids is 2. The third-order valence-electron chi connectivity index (χ3n) is 5.51. The van der Waals surface area contributed by atoms with Crippen LogP contribution in [-0.4, -0.2) is 86.8 Å². The number of piperazine rings is 1. The number of amides is 2. The van der Waals surface area contributed by atoms with Gasteiger partial charge in [0, 0.05) is 59.2 Å². The second-order valence-electron chi connectivity index (χ2n) is 7.45.